The van der Waals surface area contributed by atoms with E-state index in [0.29, 0.717) is 6.04 Å². The van der Waals surface area contributed by atoms with Crippen molar-refractivity contribution in [2.24, 2.45) is 0 Å². The van der Waals surface area contributed by atoms with E-state index in [2.05, 4.69) is 15.5 Å². The van der Waals surface area contributed by atoms with Gasteiger partial charge >= 0.3 is 0 Å². The predicted molar refractivity (Wildman–Crippen MR) is 42.8 cm³/mol. The van der Waals surface area contributed by atoms with E-state index in [9.17, 15) is 0 Å². The van der Waals surface area contributed by atoms with Crippen molar-refractivity contribution in [1.82, 2.24) is 10.2 Å². The molecule has 1 aromatic rings. The summed E-state index contributed by atoms with van der Waals surface area (Å²) in [5.41, 5.74) is 1.72. The second kappa shape index (κ2) is 3.15. The minimum absolute atomic E-state index is 0.433. The van der Waals surface area contributed by atoms with Crippen molar-refractivity contribution in [3.05, 3.63) is 5.51 Å². The quantitative estimate of drug-likeness (QED) is 0.713. The van der Waals surface area contributed by atoms with Gasteiger partial charge in [0.25, 0.3) is 0 Å². The normalized spacial score (nSPS) is 23.8. The summed E-state index contributed by atoms with van der Waals surface area (Å²) in [6.07, 6.45) is 1.07. The topological polar surface area (TPSA) is 47.0 Å². The number of hydrogen-bond acceptors (Lipinski definition) is 5. The highest BCUT2D eigenvalue weighted by molar-refractivity contribution is 7.13. The first-order valence-electron chi connectivity index (χ1n) is 3.55. The van der Waals surface area contributed by atoms with Gasteiger partial charge in [0.2, 0.25) is 5.13 Å². The van der Waals surface area contributed by atoms with Crippen molar-refractivity contribution in [3.63, 3.8) is 0 Å². The molecule has 0 aliphatic carbocycles. The zero-order chi connectivity index (χ0) is 7.52. The average molecular weight is 171 g/mol. The molecule has 2 rings (SSSR count). The minimum Gasteiger partial charge on any atom is -0.379 e. The molecule has 11 heavy (non-hydrogen) atoms. The largest absolute Gasteiger partial charge is 0.379 e. The molecule has 1 fully saturated rings. The number of anilines is 1. The van der Waals surface area contributed by atoms with Crippen molar-refractivity contribution in [3.8, 4) is 0 Å². The SMILES string of the molecule is c1nnc(NC2CCOC2)s1. The van der Waals surface area contributed by atoms with Gasteiger partial charge in [-0.05, 0) is 6.42 Å². The summed E-state index contributed by atoms with van der Waals surface area (Å²) >= 11 is 1.52. The van der Waals surface area contributed by atoms with Crippen molar-refractivity contribution in [1.29, 1.82) is 0 Å². The van der Waals surface area contributed by atoms with Gasteiger partial charge in [0.1, 0.15) is 5.51 Å². The van der Waals surface area contributed by atoms with Crippen molar-refractivity contribution >= 4 is 16.5 Å². The van der Waals surface area contributed by atoms with Gasteiger partial charge in [-0.15, -0.1) is 10.2 Å². The summed E-state index contributed by atoms with van der Waals surface area (Å²) in [7, 11) is 0. The molecule has 1 atom stereocenters. The van der Waals surface area contributed by atoms with Gasteiger partial charge < -0.3 is 10.1 Å². The molecule has 5 heteroatoms. The van der Waals surface area contributed by atoms with E-state index >= 15 is 0 Å². The molecule has 60 valence electrons. The molecular formula is C6H9N3OS. The molecule has 1 saturated heterocycles. The van der Waals surface area contributed by atoms with Gasteiger partial charge in [0.15, 0.2) is 0 Å². The lowest BCUT2D eigenvalue weighted by molar-refractivity contribution is 0.195. The first-order valence-corrected chi connectivity index (χ1v) is 4.43. The highest BCUT2D eigenvalue weighted by atomic mass is 32.1. The lowest BCUT2D eigenvalue weighted by atomic mass is 10.3. The van der Waals surface area contributed by atoms with Crippen LogP contribution in [0.2, 0.25) is 0 Å². The lowest BCUT2D eigenvalue weighted by Gasteiger charge is -2.06. The Hall–Kier alpha value is -0.680. The number of rotatable bonds is 2. The molecule has 1 aliphatic rings. The lowest BCUT2D eigenvalue weighted by Crippen LogP contribution is -2.18. The van der Waals surface area contributed by atoms with Gasteiger partial charge in [0, 0.05) is 6.61 Å². The Labute approximate surface area is 68.6 Å². The summed E-state index contributed by atoms with van der Waals surface area (Å²) in [5, 5.41) is 11.7. The fourth-order valence-electron chi connectivity index (χ4n) is 1.06. The molecule has 1 unspecified atom stereocenters. The van der Waals surface area contributed by atoms with Crippen LogP contribution in [-0.2, 0) is 4.74 Å². The first kappa shape index (κ1) is 7.00. The Bertz CT molecular complexity index is 208. The van der Waals surface area contributed by atoms with E-state index in [-0.39, 0.29) is 0 Å². The highest BCUT2D eigenvalue weighted by Crippen LogP contribution is 2.14. The number of aromatic nitrogens is 2. The van der Waals surface area contributed by atoms with Crippen LogP contribution in [0.4, 0.5) is 5.13 Å². The Morgan fingerprint density at radius 1 is 1.73 bits per heavy atom. The smallest absolute Gasteiger partial charge is 0.205 e. The molecule has 2 heterocycles. The van der Waals surface area contributed by atoms with Crippen LogP contribution in [0.1, 0.15) is 6.42 Å². The average Bonchev–Trinajstić information content (AvgIpc) is 2.60. The molecule has 4 nitrogen and oxygen atoms in total. The number of nitrogens with one attached hydrogen (secondary N) is 1. The van der Waals surface area contributed by atoms with Gasteiger partial charge in [-0.25, -0.2) is 0 Å². The maximum atomic E-state index is 5.20. The molecule has 0 radical (unpaired) electrons. The Kier molecular flexibility index (Phi) is 2.00. The number of hydrogen-bond donors (Lipinski definition) is 1. The van der Waals surface area contributed by atoms with Crippen LogP contribution in [0.3, 0.4) is 0 Å². The van der Waals surface area contributed by atoms with E-state index in [1.807, 2.05) is 0 Å². The Morgan fingerprint density at radius 2 is 2.73 bits per heavy atom. The fraction of sp³-hybridized carbons (Fsp3) is 0.667. The van der Waals surface area contributed by atoms with E-state index in [0.717, 1.165) is 24.8 Å². The minimum atomic E-state index is 0.433. The van der Waals surface area contributed by atoms with Crippen LogP contribution in [0.25, 0.3) is 0 Å². The van der Waals surface area contributed by atoms with Gasteiger partial charge in [0.05, 0.1) is 12.6 Å². The molecule has 1 aromatic heterocycles. The van der Waals surface area contributed by atoms with Gasteiger partial charge in [-0.2, -0.15) is 0 Å². The van der Waals surface area contributed by atoms with Gasteiger partial charge in [-0.3, -0.25) is 0 Å². The fourth-order valence-corrected chi connectivity index (χ4v) is 1.58. The highest BCUT2D eigenvalue weighted by Gasteiger charge is 2.15. The maximum Gasteiger partial charge on any atom is 0.205 e. The van der Waals surface area contributed by atoms with E-state index in [1.165, 1.54) is 11.3 Å². The van der Waals surface area contributed by atoms with Crippen LogP contribution in [0.15, 0.2) is 5.51 Å². The zero-order valence-corrected chi connectivity index (χ0v) is 6.80. The third-order valence-electron chi connectivity index (χ3n) is 1.62. The monoisotopic (exact) mass is 171 g/mol. The summed E-state index contributed by atoms with van der Waals surface area (Å²) < 4.78 is 5.20. The summed E-state index contributed by atoms with van der Waals surface area (Å²) in [6.45, 7) is 1.65. The van der Waals surface area contributed by atoms with Crippen LogP contribution in [-0.4, -0.2) is 29.5 Å². The standard InChI is InChI=1S/C6H9N3OS/c1-2-10-3-5(1)8-6-9-7-4-11-6/h4-5H,1-3H2,(H,8,9). The second-order valence-electron chi connectivity index (χ2n) is 2.45. The molecule has 0 aromatic carbocycles. The van der Waals surface area contributed by atoms with Gasteiger partial charge in [-0.1, -0.05) is 11.3 Å². The van der Waals surface area contributed by atoms with Crippen LogP contribution >= 0.6 is 11.3 Å². The first-order chi connectivity index (χ1) is 5.45. The molecule has 0 saturated carbocycles. The summed E-state index contributed by atoms with van der Waals surface area (Å²) in [6, 6.07) is 0.433. The number of nitrogens with zero attached hydrogens (tertiary/aromatic N) is 2. The third-order valence-corrected chi connectivity index (χ3v) is 2.24. The predicted octanol–water partition coefficient (Wildman–Crippen LogP) is 0.739. The van der Waals surface area contributed by atoms with E-state index in [4.69, 9.17) is 4.74 Å². The Morgan fingerprint density at radius 3 is 3.36 bits per heavy atom. The summed E-state index contributed by atoms with van der Waals surface area (Å²) in [5.74, 6) is 0. The molecule has 0 bridgehead atoms. The van der Waals surface area contributed by atoms with Crippen LogP contribution in [0.5, 0.6) is 0 Å². The molecule has 0 amide bonds. The maximum absolute atomic E-state index is 5.20. The van der Waals surface area contributed by atoms with Crippen molar-refractivity contribution in [2.45, 2.75) is 12.5 Å². The zero-order valence-electron chi connectivity index (χ0n) is 5.99. The van der Waals surface area contributed by atoms with Crippen LogP contribution in [0, 0.1) is 0 Å². The Balaban J connectivity index is 1.90. The molecule has 0 spiro atoms. The van der Waals surface area contributed by atoms with E-state index in [1.54, 1.807) is 5.51 Å². The molecule has 1 N–H and O–H groups in total. The summed E-state index contributed by atoms with van der Waals surface area (Å²) in [4.78, 5) is 0. The number of ether oxygens (including phenoxy) is 1. The van der Waals surface area contributed by atoms with Crippen molar-refractivity contribution in [2.75, 3.05) is 18.5 Å². The van der Waals surface area contributed by atoms with Crippen LogP contribution < -0.4 is 5.32 Å². The molecule has 1 aliphatic heterocycles. The van der Waals surface area contributed by atoms with Crippen molar-refractivity contribution < 1.29 is 4.74 Å². The second-order valence-corrected chi connectivity index (χ2v) is 3.28. The van der Waals surface area contributed by atoms with E-state index < -0.39 is 0 Å². The third kappa shape index (κ3) is 1.66. The molecular weight excluding hydrogens is 162 g/mol.